The van der Waals surface area contributed by atoms with E-state index in [-0.39, 0.29) is 6.10 Å². The topological polar surface area (TPSA) is 76.4 Å². The van der Waals surface area contributed by atoms with Gasteiger partial charge >= 0.3 is 7.12 Å². The molecule has 1 N–H and O–H groups in total. The van der Waals surface area contributed by atoms with Crippen molar-refractivity contribution < 1.29 is 14.0 Å². The summed E-state index contributed by atoms with van der Waals surface area (Å²) in [5.41, 5.74) is 0.297. The highest BCUT2D eigenvalue weighted by atomic mass is 16.7. The maximum absolute atomic E-state index is 9.40. The van der Waals surface area contributed by atoms with Gasteiger partial charge < -0.3 is 19.4 Å². The summed E-state index contributed by atoms with van der Waals surface area (Å²) in [5.74, 6) is 0.376. The Kier molecular flexibility index (Phi) is 4.09. The first-order valence-corrected chi connectivity index (χ1v) is 7.95. The fourth-order valence-corrected chi connectivity index (χ4v) is 2.64. The van der Waals surface area contributed by atoms with Gasteiger partial charge in [0.25, 0.3) is 0 Å². The fourth-order valence-electron chi connectivity index (χ4n) is 2.64. The average molecular weight is 315 g/mol. The molecule has 7 heteroatoms. The van der Waals surface area contributed by atoms with Crippen molar-refractivity contribution in [3.05, 3.63) is 17.8 Å². The lowest BCUT2D eigenvalue weighted by Crippen LogP contribution is -2.41. The van der Waals surface area contributed by atoms with Gasteiger partial charge in [-0.05, 0) is 46.7 Å². The molecule has 0 radical (unpaired) electrons. The highest BCUT2D eigenvalue weighted by molar-refractivity contribution is 6.62. The first-order valence-electron chi connectivity index (χ1n) is 7.95. The molecule has 0 spiro atoms. The molecule has 0 aliphatic carbocycles. The number of aromatic nitrogens is 1. The van der Waals surface area contributed by atoms with E-state index < -0.39 is 18.3 Å². The average Bonchev–Trinajstić information content (AvgIpc) is 3.06. The molecule has 1 aromatic heterocycles. The molecule has 2 aliphatic heterocycles. The predicted molar refractivity (Wildman–Crippen MR) is 86.6 cm³/mol. The quantitative estimate of drug-likeness (QED) is 0.839. The largest absolute Gasteiger partial charge is 0.496 e. The van der Waals surface area contributed by atoms with Crippen LogP contribution in [0.4, 0.5) is 0 Å². The normalized spacial score (nSPS) is 25.3. The van der Waals surface area contributed by atoms with Crippen molar-refractivity contribution in [2.75, 3.05) is 13.1 Å². The Morgan fingerprint density at radius 2 is 2.04 bits per heavy atom. The second kappa shape index (κ2) is 5.79. The Morgan fingerprint density at radius 3 is 2.61 bits per heavy atom. The minimum absolute atomic E-state index is 0.0669. The second-order valence-corrected chi connectivity index (χ2v) is 7.05. The molecular weight excluding hydrogens is 293 g/mol. The summed E-state index contributed by atoms with van der Waals surface area (Å²) in [7, 11) is -0.526. The third-order valence-electron chi connectivity index (χ3n) is 4.81. The Balaban J connectivity index is 1.81. The molecule has 3 rings (SSSR count). The molecule has 1 atom stereocenters. The van der Waals surface area contributed by atoms with Gasteiger partial charge in [-0.25, -0.2) is 4.98 Å². The Bertz CT molecular complexity index is 620. The molecule has 0 amide bonds. The molecule has 2 aliphatic rings. The van der Waals surface area contributed by atoms with E-state index in [1.54, 1.807) is 12.3 Å². The second-order valence-electron chi connectivity index (χ2n) is 7.05. The number of ether oxygens (including phenoxy) is 1. The van der Waals surface area contributed by atoms with E-state index in [0.29, 0.717) is 11.4 Å². The molecule has 3 heterocycles. The zero-order valence-corrected chi connectivity index (χ0v) is 14.0. The van der Waals surface area contributed by atoms with Crippen LogP contribution in [0.3, 0.4) is 0 Å². The van der Waals surface area contributed by atoms with Crippen molar-refractivity contribution in [1.29, 1.82) is 5.26 Å². The monoisotopic (exact) mass is 315 g/mol. The summed E-state index contributed by atoms with van der Waals surface area (Å²) < 4.78 is 17.8. The van der Waals surface area contributed by atoms with Crippen LogP contribution in [0.2, 0.25) is 0 Å². The summed E-state index contributed by atoms with van der Waals surface area (Å²) in [6.45, 7) is 9.70. The summed E-state index contributed by atoms with van der Waals surface area (Å²) in [6.07, 6.45) is 2.66. The van der Waals surface area contributed by atoms with Crippen LogP contribution in [-0.4, -0.2) is 42.5 Å². The predicted octanol–water partition coefficient (Wildman–Crippen LogP) is 0.993. The summed E-state index contributed by atoms with van der Waals surface area (Å²) >= 11 is 0. The van der Waals surface area contributed by atoms with Gasteiger partial charge in [0.1, 0.15) is 17.7 Å². The molecule has 0 saturated carbocycles. The maximum atomic E-state index is 9.40. The van der Waals surface area contributed by atoms with Crippen LogP contribution in [-0.2, 0) is 9.31 Å². The molecule has 122 valence electrons. The van der Waals surface area contributed by atoms with Crippen LogP contribution >= 0.6 is 0 Å². The van der Waals surface area contributed by atoms with Crippen molar-refractivity contribution in [2.45, 2.75) is 51.4 Å². The van der Waals surface area contributed by atoms with Gasteiger partial charge in [0.15, 0.2) is 0 Å². The number of nitrogens with zero attached hydrogens (tertiary/aromatic N) is 2. The smallest absolute Gasteiger partial charge is 0.472 e. The number of rotatable bonds is 3. The van der Waals surface area contributed by atoms with E-state index in [1.165, 1.54) is 0 Å². The van der Waals surface area contributed by atoms with E-state index in [0.717, 1.165) is 25.0 Å². The van der Waals surface area contributed by atoms with Gasteiger partial charge in [-0.2, -0.15) is 5.26 Å². The molecule has 0 bridgehead atoms. The first kappa shape index (κ1) is 16.3. The summed E-state index contributed by atoms with van der Waals surface area (Å²) in [4.78, 5) is 4.32. The molecule has 0 unspecified atom stereocenters. The lowest BCUT2D eigenvalue weighted by atomic mass is 9.80. The van der Waals surface area contributed by atoms with E-state index in [2.05, 4.69) is 16.4 Å². The molecule has 2 saturated heterocycles. The zero-order chi connectivity index (χ0) is 16.7. The maximum Gasteiger partial charge on any atom is 0.496 e. The lowest BCUT2D eigenvalue weighted by molar-refractivity contribution is 0.00578. The minimum atomic E-state index is -0.526. The van der Waals surface area contributed by atoms with Gasteiger partial charge in [0, 0.05) is 18.2 Å². The van der Waals surface area contributed by atoms with Crippen molar-refractivity contribution in [2.24, 2.45) is 0 Å². The van der Waals surface area contributed by atoms with Crippen LogP contribution in [0.5, 0.6) is 5.88 Å². The van der Waals surface area contributed by atoms with Gasteiger partial charge in [-0.1, -0.05) is 0 Å². The Hall–Kier alpha value is -1.62. The number of nitriles is 1. The van der Waals surface area contributed by atoms with Crippen LogP contribution in [0.15, 0.2) is 12.3 Å². The van der Waals surface area contributed by atoms with E-state index in [1.807, 2.05) is 27.7 Å². The Morgan fingerprint density at radius 1 is 1.35 bits per heavy atom. The van der Waals surface area contributed by atoms with Crippen molar-refractivity contribution >= 4 is 12.6 Å². The standard InChI is InChI=1S/C16H22BN3O3/c1-15(2)16(3,4)23-17(22-15)12-7-11(8-18)14(20-9-12)21-13-5-6-19-10-13/h7,9,13,19H,5-6,10H2,1-4H3/t13-/m1/s1. The van der Waals surface area contributed by atoms with Crippen LogP contribution in [0.25, 0.3) is 0 Å². The van der Waals surface area contributed by atoms with Gasteiger partial charge in [0.2, 0.25) is 5.88 Å². The fraction of sp³-hybridized carbons (Fsp3) is 0.625. The molecule has 1 aromatic rings. The number of pyridine rings is 1. The van der Waals surface area contributed by atoms with Crippen molar-refractivity contribution in [3.63, 3.8) is 0 Å². The van der Waals surface area contributed by atoms with Crippen molar-refractivity contribution in [3.8, 4) is 11.9 Å². The Labute approximate surface area is 137 Å². The van der Waals surface area contributed by atoms with Gasteiger partial charge in [-0.3, -0.25) is 0 Å². The molecule has 6 nitrogen and oxygen atoms in total. The molecular formula is C16H22BN3O3. The number of hydrogen-bond acceptors (Lipinski definition) is 6. The number of hydrogen-bond donors (Lipinski definition) is 1. The van der Waals surface area contributed by atoms with E-state index in [4.69, 9.17) is 14.0 Å². The molecule has 23 heavy (non-hydrogen) atoms. The van der Waals surface area contributed by atoms with Crippen LogP contribution < -0.4 is 15.5 Å². The lowest BCUT2D eigenvalue weighted by Gasteiger charge is -2.32. The minimum Gasteiger partial charge on any atom is -0.472 e. The van der Waals surface area contributed by atoms with E-state index in [9.17, 15) is 5.26 Å². The molecule has 0 aromatic carbocycles. The zero-order valence-electron chi connectivity index (χ0n) is 14.0. The van der Waals surface area contributed by atoms with E-state index >= 15 is 0 Å². The van der Waals surface area contributed by atoms with Crippen LogP contribution in [0.1, 0.15) is 39.7 Å². The van der Waals surface area contributed by atoms with Gasteiger partial charge in [0.05, 0.1) is 11.2 Å². The van der Waals surface area contributed by atoms with Gasteiger partial charge in [-0.15, -0.1) is 0 Å². The third-order valence-corrected chi connectivity index (χ3v) is 4.81. The van der Waals surface area contributed by atoms with Crippen molar-refractivity contribution in [1.82, 2.24) is 10.3 Å². The SMILES string of the molecule is CC1(C)OB(c2cnc(O[C@@H]3CCNC3)c(C#N)c2)OC1(C)C. The summed E-state index contributed by atoms with van der Waals surface area (Å²) in [6, 6.07) is 3.90. The molecule has 2 fully saturated rings. The number of nitrogens with one attached hydrogen (secondary N) is 1. The third kappa shape index (κ3) is 3.07. The first-order chi connectivity index (χ1) is 10.8. The highest BCUT2D eigenvalue weighted by Crippen LogP contribution is 2.36. The summed E-state index contributed by atoms with van der Waals surface area (Å²) in [5, 5.41) is 12.6. The highest BCUT2D eigenvalue weighted by Gasteiger charge is 2.51. The van der Waals surface area contributed by atoms with Crippen LogP contribution in [0, 0.1) is 11.3 Å².